The summed E-state index contributed by atoms with van der Waals surface area (Å²) >= 11 is 0. The number of pyridine rings is 1. The predicted octanol–water partition coefficient (Wildman–Crippen LogP) is 1.94. The summed E-state index contributed by atoms with van der Waals surface area (Å²) in [5.74, 6) is 0.0894. The predicted molar refractivity (Wildman–Crippen MR) is 71.3 cm³/mol. The molecule has 0 amide bonds. The van der Waals surface area contributed by atoms with E-state index in [2.05, 4.69) is 10.1 Å². The number of hydrogen-bond acceptors (Lipinski definition) is 4. The molecule has 0 aliphatic rings. The first-order chi connectivity index (χ1) is 8.74. The summed E-state index contributed by atoms with van der Waals surface area (Å²) in [5.41, 5.74) is 8.19. The molecule has 3 N–H and O–H groups in total. The van der Waals surface area contributed by atoms with E-state index < -0.39 is 0 Å². The van der Waals surface area contributed by atoms with E-state index in [-0.39, 0.29) is 5.84 Å². The Morgan fingerprint density at radius 2 is 1.89 bits per heavy atom. The normalized spacial score (nSPS) is 11.3. The first kappa shape index (κ1) is 11.9. The minimum Gasteiger partial charge on any atom is -0.409 e. The van der Waals surface area contributed by atoms with Gasteiger partial charge in [0, 0.05) is 30.7 Å². The van der Waals surface area contributed by atoms with Gasteiger partial charge in [0.1, 0.15) is 0 Å². The zero-order valence-corrected chi connectivity index (χ0v) is 9.99. The molecule has 0 saturated carbocycles. The minimum absolute atomic E-state index is 0.0894. The highest BCUT2D eigenvalue weighted by Gasteiger charge is 2.11. The second kappa shape index (κ2) is 5.18. The number of benzene rings is 1. The van der Waals surface area contributed by atoms with Gasteiger partial charge in [-0.3, -0.25) is 4.98 Å². The van der Waals surface area contributed by atoms with Crippen LogP contribution in [0.2, 0.25) is 0 Å². The largest absolute Gasteiger partial charge is 0.409 e. The molecule has 1 aromatic heterocycles. The number of hydrogen-bond donors (Lipinski definition) is 2. The quantitative estimate of drug-likeness (QED) is 0.373. The molecular formula is C13H14N4O. The van der Waals surface area contributed by atoms with E-state index in [0.717, 1.165) is 11.4 Å². The highest BCUT2D eigenvalue weighted by Crippen LogP contribution is 2.26. The molecule has 0 unspecified atom stereocenters. The summed E-state index contributed by atoms with van der Waals surface area (Å²) in [4.78, 5) is 5.93. The number of anilines is 2. The van der Waals surface area contributed by atoms with Crippen molar-refractivity contribution in [3.8, 4) is 0 Å². The fourth-order valence-electron chi connectivity index (χ4n) is 1.74. The molecule has 2 rings (SSSR count). The zero-order chi connectivity index (χ0) is 13.0. The molecule has 92 valence electrons. The van der Waals surface area contributed by atoms with E-state index in [4.69, 9.17) is 10.9 Å². The second-order valence-corrected chi connectivity index (χ2v) is 3.77. The van der Waals surface area contributed by atoms with E-state index >= 15 is 0 Å². The minimum atomic E-state index is 0.0894. The van der Waals surface area contributed by atoms with Crippen LogP contribution in [-0.2, 0) is 0 Å². The summed E-state index contributed by atoms with van der Waals surface area (Å²) < 4.78 is 0. The van der Waals surface area contributed by atoms with Crippen molar-refractivity contribution in [2.24, 2.45) is 10.9 Å². The average Bonchev–Trinajstić information content (AvgIpc) is 2.46. The summed E-state index contributed by atoms with van der Waals surface area (Å²) in [6.07, 6.45) is 3.44. The Bertz CT molecular complexity index is 554. The first-order valence-electron chi connectivity index (χ1n) is 5.44. The Hall–Kier alpha value is -2.56. The van der Waals surface area contributed by atoms with Gasteiger partial charge in [0.25, 0.3) is 0 Å². The van der Waals surface area contributed by atoms with E-state index in [1.54, 1.807) is 12.4 Å². The Morgan fingerprint density at radius 1 is 1.22 bits per heavy atom. The van der Waals surface area contributed by atoms with Crippen molar-refractivity contribution in [2.45, 2.75) is 0 Å². The smallest absolute Gasteiger partial charge is 0.172 e. The molecule has 0 aliphatic carbocycles. The summed E-state index contributed by atoms with van der Waals surface area (Å²) in [7, 11) is 1.92. The van der Waals surface area contributed by atoms with Crippen molar-refractivity contribution in [1.29, 1.82) is 0 Å². The molecule has 0 fully saturated rings. The van der Waals surface area contributed by atoms with Crippen LogP contribution < -0.4 is 10.6 Å². The van der Waals surface area contributed by atoms with E-state index in [1.165, 1.54) is 0 Å². The standard InChI is InChI=1S/C13H14N4O/c1-17(10-6-8-15-9-7-10)12-5-3-2-4-11(12)13(14)16-18/h2-9,18H,1H3,(H2,14,16). The zero-order valence-electron chi connectivity index (χ0n) is 9.99. The maximum atomic E-state index is 8.80. The third-order valence-electron chi connectivity index (χ3n) is 2.70. The summed E-state index contributed by atoms with van der Waals surface area (Å²) in [6, 6.07) is 11.3. The summed E-state index contributed by atoms with van der Waals surface area (Å²) in [5, 5.41) is 11.9. The third-order valence-corrected chi connectivity index (χ3v) is 2.70. The van der Waals surface area contributed by atoms with Gasteiger partial charge < -0.3 is 15.8 Å². The Labute approximate surface area is 105 Å². The van der Waals surface area contributed by atoms with Gasteiger partial charge >= 0.3 is 0 Å². The van der Waals surface area contributed by atoms with Crippen LogP contribution in [0.25, 0.3) is 0 Å². The van der Waals surface area contributed by atoms with Crippen LogP contribution >= 0.6 is 0 Å². The van der Waals surface area contributed by atoms with Crippen molar-refractivity contribution in [3.63, 3.8) is 0 Å². The topological polar surface area (TPSA) is 74.7 Å². The maximum absolute atomic E-state index is 8.80. The molecule has 5 heteroatoms. The van der Waals surface area contributed by atoms with Gasteiger partial charge in [-0.15, -0.1) is 0 Å². The van der Waals surface area contributed by atoms with Crippen LogP contribution in [0, 0.1) is 0 Å². The lowest BCUT2D eigenvalue weighted by atomic mass is 10.1. The van der Waals surface area contributed by atoms with Crippen LogP contribution in [0.15, 0.2) is 53.9 Å². The summed E-state index contributed by atoms with van der Waals surface area (Å²) in [6.45, 7) is 0. The number of aromatic nitrogens is 1. The van der Waals surface area contributed by atoms with E-state index in [9.17, 15) is 0 Å². The third kappa shape index (κ3) is 2.24. The molecule has 5 nitrogen and oxygen atoms in total. The van der Waals surface area contributed by atoms with Gasteiger partial charge in [-0.25, -0.2) is 0 Å². The number of oxime groups is 1. The van der Waals surface area contributed by atoms with Crippen LogP contribution in [0.5, 0.6) is 0 Å². The number of rotatable bonds is 3. The molecule has 0 bridgehead atoms. The average molecular weight is 242 g/mol. The molecule has 2 aromatic rings. The van der Waals surface area contributed by atoms with Gasteiger partial charge in [0.05, 0.1) is 5.69 Å². The fraction of sp³-hybridized carbons (Fsp3) is 0.0769. The lowest BCUT2D eigenvalue weighted by molar-refractivity contribution is 0.318. The molecule has 0 atom stereocenters. The van der Waals surface area contributed by atoms with Crippen molar-refractivity contribution in [2.75, 3.05) is 11.9 Å². The molecule has 1 heterocycles. The first-order valence-corrected chi connectivity index (χ1v) is 5.44. The lowest BCUT2D eigenvalue weighted by Gasteiger charge is -2.21. The second-order valence-electron chi connectivity index (χ2n) is 3.77. The van der Waals surface area contributed by atoms with Crippen molar-refractivity contribution in [3.05, 3.63) is 54.4 Å². The van der Waals surface area contributed by atoms with Gasteiger partial charge in [-0.2, -0.15) is 0 Å². The number of nitrogens with zero attached hydrogens (tertiary/aromatic N) is 3. The molecule has 1 aromatic carbocycles. The van der Waals surface area contributed by atoms with Crippen LogP contribution in [0.1, 0.15) is 5.56 Å². The molecule has 0 radical (unpaired) electrons. The Morgan fingerprint density at radius 3 is 2.56 bits per heavy atom. The monoisotopic (exact) mass is 242 g/mol. The SMILES string of the molecule is CN(c1ccncc1)c1ccccc1C(N)=NO. The molecule has 0 spiro atoms. The van der Waals surface area contributed by atoms with Gasteiger partial charge in [-0.1, -0.05) is 17.3 Å². The van der Waals surface area contributed by atoms with Crippen LogP contribution in [0.3, 0.4) is 0 Å². The highest BCUT2D eigenvalue weighted by atomic mass is 16.4. The Kier molecular flexibility index (Phi) is 3.43. The van der Waals surface area contributed by atoms with Crippen molar-refractivity contribution < 1.29 is 5.21 Å². The fourth-order valence-corrected chi connectivity index (χ4v) is 1.74. The Balaban J connectivity index is 2.46. The molecule has 0 aliphatic heterocycles. The maximum Gasteiger partial charge on any atom is 0.172 e. The van der Waals surface area contributed by atoms with Crippen LogP contribution in [0.4, 0.5) is 11.4 Å². The highest BCUT2D eigenvalue weighted by molar-refractivity contribution is 6.02. The molecular weight excluding hydrogens is 228 g/mol. The number of amidine groups is 1. The van der Waals surface area contributed by atoms with Gasteiger partial charge in [0.15, 0.2) is 5.84 Å². The lowest BCUT2D eigenvalue weighted by Crippen LogP contribution is -2.19. The van der Waals surface area contributed by atoms with Crippen molar-refractivity contribution in [1.82, 2.24) is 4.98 Å². The van der Waals surface area contributed by atoms with Crippen LogP contribution in [-0.4, -0.2) is 23.1 Å². The van der Waals surface area contributed by atoms with Gasteiger partial charge in [-0.05, 0) is 24.3 Å². The number of para-hydroxylation sites is 1. The molecule has 18 heavy (non-hydrogen) atoms. The molecule has 0 saturated heterocycles. The van der Waals surface area contributed by atoms with Crippen molar-refractivity contribution >= 4 is 17.2 Å². The number of nitrogens with two attached hydrogens (primary N) is 1. The van der Waals surface area contributed by atoms with Gasteiger partial charge in [0.2, 0.25) is 0 Å². The van der Waals surface area contributed by atoms with E-state index in [0.29, 0.717) is 5.56 Å². The van der Waals surface area contributed by atoms with E-state index in [1.807, 2.05) is 48.3 Å².